The molecule has 0 aromatic heterocycles. The second-order valence-electron chi connectivity index (χ2n) is 7.25. The van der Waals surface area contributed by atoms with Crippen molar-refractivity contribution in [2.75, 3.05) is 6.61 Å². The van der Waals surface area contributed by atoms with Gasteiger partial charge in [0.2, 0.25) is 11.8 Å². The van der Waals surface area contributed by atoms with E-state index in [1.165, 1.54) is 0 Å². The van der Waals surface area contributed by atoms with E-state index in [9.17, 15) is 9.59 Å². The van der Waals surface area contributed by atoms with E-state index in [-0.39, 0.29) is 11.8 Å². The number of ether oxygens (including phenoxy) is 1. The Hall–Kier alpha value is -1.10. The molecule has 0 aromatic rings. The first kappa shape index (κ1) is 15.8. The number of nitrogens with one attached hydrogen (secondary N) is 1. The highest BCUT2D eigenvalue weighted by Crippen LogP contribution is 2.42. The highest BCUT2D eigenvalue weighted by atomic mass is 16.5. The topological polar surface area (TPSA) is 58.6 Å². The molecular weight excluding hydrogens is 280 g/mol. The Balaban J connectivity index is 1.77. The Morgan fingerprint density at radius 2 is 1.91 bits per heavy atom. The minimum absolute atomic E-state index is 0.0255. The lowest BCUT2D eigenvalue weighted by Crippen LogP contribution is -2.57. The summed E-state index contributed by atoms with van der Waals surface area (Å²) in [4.78, 5) is 27.0. The molecule has 5 heteroatoms. The molecule has 3 fully saturated rings. The maximum atomic E-state index is 12.7. The molecule has 0 bridgehead atoms. The van der Waals surface area contributed by atoms with E-state index < -0.39 is 11.8 Å². The van der Waals surface area contributed by atoms with Crippen LogP contribution in [0.15, 0.2) is 0 Å². The van der Waals surface area contributed by atoms with E-state index in [2.05, 4.69) is 12.2 Å². The van der Waals surface area contributed by atoms with Crippen molar-refractivity contribution < 1.29 is 14.3 Å². The minimum Gasteiger partial charge on any atom is -0.353 e. The van der Waals surface area contributed by atoms with Crippen LogP contribution in [0.4, 0.5) is 0 Å². The molecule has 5 nitrogen and oxygen atoms in total. The average Bonchev–Trinajstić information content (AvgIpc) is 3.22. The smallest absolute Gasteiger partial charge is 0.245 e. The third-order valence-corrected chi connectivity index (χ3v) is 5.28. The summed E-state index contributed by atoms with van der Waals surface area (Å²) in [6, 6.07) is -0.119. The summed E-state index contributed by atoms with van der Waals surface area (Å²) in [5, 5.41) is 3.04. The van der Waals surface area contributed by atoms with Crippen molar-refractivity contribution in [3.8, 4) is 0 Å². The summed E-state index contributed by atoms with van der Waals surface area (Å²) in [6.07, 6.45) is 7.26. The number of rotatable bonds is 4. The summed E-state index contributed by atoms with van der Waals surface area (Å²) >= 11 is 0. The second-order valence-corrected chi connectivity index (χ2v) is 7.25. The van der Waals surface area contributed by atoms with Crippen LogP contribution in [-0.4, -0.2) is 41.1 Å². The zero-order valence-electron chi connectivity index (χ0n) is 13.8. The first-order chi connectivity index (χ1) is 10.6. The Kier molecular flexibility index (Phi) is 4.44. The predicted octanol–water partition coefficient (Wildman–Crippen LogP) is 2.20. The van der Waals surface area contributed by atoms with Gasteiger partial charge in [-0.2, -0.15) is 0 Å². The third-order valence-electron chi connectivity index (χ3n) is 5.28. The van der Waals surface area contributed by atoms with Gasteiger partial charge in [-0.3, -0.25) is 14.5 Å². The van der Waals surface area contributed by atoms with E-state index in [0.29, 0.717) is 25.0 Å². The van der Waals surface area contributed by atoms with Crippen LogP contribution in [0.3, 0.4) is 0 Å². The molecule has 2 saturated carbocycles. The molecule has 3 aliphatic rings. The molecule has 3 rings (SSSR count). The molecule has 0 aromatic carbocycles. The SMILES string of the molecule is CCCC(=O)N1C(C(=O)NC2CC2)COC12CCC(C)CC2. The first-order valence-corrected chi connectivity index (χ1v) is 8.82. The van der Waals surface area contributed by atoms with Crippen molar-refractivity contribution in [3.63, 3.8) is 0 Å². The van der Waals surface area contributed by atoms with Crippen LogP contribution < -0.4 is 5.32 Å². The second kappa shape index (κ2) is 6.19. The lowest BCUT2D eigenvalue weighted by atomic mass is 9.83. The number of amides is 2. The van der Waals surface area contributed by atoms with Crippen molar-refractivity contribution in [1.82, 2.24) is 10.2 Å². The van der Waals surface area contributed by atoms with E-state index in [1.54, 1.807) is 4.90 Å². The van der Waals surface area contributed by atoms with Crippen LogP contribution in [0.5, 0.6) is 0 Å². The summed E-state index contributed by atoms with van der Waals surface area (Å²) in [6.45, 7) is 4.60. The maximum Gasteiger partial charge on any atom is 0.245 e. The molecule has 1 aliphatic heterocycles. The van der Waals surface area contributed by atoms with Gasteiger partial charge in [-0.1, -0.05) is 13.8 Å². The molecule has 1 unspecified atom stereocenters. The van der Waals surface area contributed by atoms with Crippen molar-refractivity contribution >= 4 is 11.8 Å². The van der Waals surface area contributed by atoms with Gasteiger partial charge in [-0.15, -0.1) is 0 Å². The monoisotopic (exact) mass is 308 g/mol. The number of carbonyl (C=O) groups is 2. The quantitative estimate of drug-likeness (QED) is 0.866. The summed E-state index contributed by atoms with van der Waals surface area (Å²) in [5.41, 5.74) is -0.523. The van der Waals surface area contributed by atoms with Gasteiger partial charge in [0.15, 0.2) is 0 Å². The van der Waals surface area contributed by atoms with Crippen LogP contribution >= 0.6 is 0 Å². The summed E-state index contributed by atoms with van der Waals surface area (Å²) in [7, 11) is 0. The summed E-state index contributed by atoms with van der Waals surface area (Å²) < 4.78 is 6.09. The zero-order valence-corrected chi connectivity index (χ0v) is 13.8. The molecule has 124 valence electrons. The largest absolute Gasteiger partial charge is 0.353 e. The Morgan fingerprint density at radius 3 is 2.50 bits per heavy atom. The van der Waals surface area contributed by atoms with Crippen molar-refractivity contribution in [3.05, 3.63) is 0 Å². The van der Waals surface area contributed by atoms with Crippen molar-refractivity contribution in [2.45, 2.75) is 83.0 Å². The number of hydrogen-bond acceptors (Lipinski definition) is 3. The number of carbonyl (C=O) groups excluding carboxylic acids is 2. The van der Waals surface area contributed by atoms with Gasteiger partial charge in [0.1, 0.15) is 11.8 Å². The summed E-state index contributed by atoms with van der Waals surface area (Å²) in [5.74, 6) is 0.727. The molecule has 2 amide bonds. The van der Waals surface area contributed by atoms with Crippen LogP contribution in [0.2, 0.25) is 0 Å². The molecule has 1 atom stereocenters. The normalized spacial score (nSPS) is 34.9. The van der Waals surface area contributed by atoms with Crippen LogP contribution in [-0.2, 0) is 14.3 Å². The fourth-order valence-electron chi connectivity index (χ4n) is 3.71. The van der Waals surface area contributed by atoms with E-state index in [4.69, 9.17) is 4.74 Å². The fraction of sp³-hybridized carbons (Fsp3) is 0.882. The molecule has 1 heterocycles. The molecule has 1 saturated heterocycles. The fourth-order valence-corrected chi connectivity index (χ4v) is 3.71. The Bertz CT molecular complexity index is 439. The van der Waals surface area contributed by atoms with E-state index in [0.717, 1.165) is 44.9 Å². The van der Waals surface area contributed by atoms with Gasteiger partial charge in [0.05, 0.1) is 6.61 Å². The highest BCUT2D eigenvalue weighted by molar-refractivity contribution is 5.89. The average molecular weight is 308 g/mol. The Labute approximate surface area is 132 Å². The van der Waals surface area contributed by atoms with Crippen molar-refractivity contribution in [2.24, 2.45) is 5.92 Å². The molecule has 22 heavy (non-hydrogen) atoms. The van der Waals surface area contributed by atoms with Gasteiger partial charge in [-0.25, -0.2) is 0 Å². The third kappa shape index (κ3) is 3.00. The van der Waals surface area contributed by atoms with Crippen molar-refractivity contribution in [1.29, 1.82) is 0 Å². The molecule has 1 N–H and O–H groups in total. The van der Waals surface area contributed by atoms with Gasteiger partial charge in [0, 0.05) is 12.5 Å². The maximum absolute atomic E-state index is 12.7. The lowest BCUT2D eigenvalue weighted by Gasteiger charge is -2.43. The predicted molar refractivity (Wildman–Crippen MR) is 83.0 cm³/mol. The lowest BCUT2D eigenvalue weighted by molar-refractivity contribution is -0.161. The molecule has 2 aliphatic carbocycles. The molecular formula is C17H28N2O3. The molecule has 0 radical (unpaired) electrons. The Morgan fingerprint density at radius 1 is 1.23 bits per heavy atom. The number of nitrogens with zero attached hydrogens (tertiary/aromatic N) is 1. The molecule has 1 spiro atoms. The van der Waals surface area contributed by atoms with E-state index in [1.807, 2.05) is 6.92 Å². The van der Waals surface area contributed by atoms with Gasteiger partial charge in [0.25, 0.3) is 0 Å². The minimum atomic E-state index is -0.523. The van der Waals surface area contributed by atoms with Gasteiger partial charge >= 0.3 is 0 Å². The van der Waals surface area contributed by atoms with Gasteiger partial charge < -0.3 is 10.1 Å². The van der Waals surface area contributed by atoms with Gasteiger partial charge in [-0.05, 0) is 50.9 Å². The zero-order chi connectivity index (χ0) is 15.7. The van der Waals surface area contributed by atoms with Crippen LogP contribution in [0.25, 0.3) is 0 Å². The van der Waals surface area contributed by atoms with Crippen LogP contribution in [0.1, 0.15) is 65.2 Å². The first-order valence-electron chi connectivity index (χ1n) is 8.82. The number of hydrogen-bond donors (Lipinski definition) is 1. The van der Waals surface area contributed by atoms with E-state index >= 15 is 0 Å². The standard InChI is InChI=1S/C17H28N2O3/c1-3-4-15(20)19-14(16(21)18-13-5-6-13)11-22-17(19)9-7-12(2)8-10-17/h12-14H,3-11H2,1-2H3,(H,18,21). The van der Waals surface area contributed by atoms with Crippen LogP contribution in [0, 0.1) is 5.92 Å². The highest BCUT2D eigenvalue weighted by Gasteiger charge is 2.53.